The van der Waals surface area contributed by atoms with Gasteiger partial charge in [-0.1, -0.05) is 0 Å². The topological polar surface area (TPSA) is 51.1 Å². The highest BCUT2D eigenvalue weighted by atomic mass is 19.4. The summed E-state index contributed by atoms with van der Waals surface area (Å²) in [4.78, 5) is 22.5. The SMILES string of the molecule is CC(C)(C)NC(=O)Cn1ccc(C(=O)C(F)(F)F)c1. The second-order valence-electron chi connectivity index (χ2n) is 5.20. The van der Waals surface area contributed by atoms with Gasteiger partial charge in [0.1, 0.15) is 6.54 Å². The van der Waals surface area contributed by atoms with E-state index in [1.807, 2.05) is 0 Å². The van der Waals surface area contributed by atoms with Crippen molar-refractivity contribution >= 4 is 11.7 Å². The predicted molar refractivity (Wildman–Crippen MR) is 62.7 cm³/mol. The Kier molecular flexibility index (Phi) is 4.07. The van der Waals surface area contributed by atoms with Crippen molar-refractivity contribution < 1.29 is 22.8 Å². The fourth-order valence-electron chi connectivity index (χ4n) is 1.46. The van der Waals surface area contributed by atoms with Gasteiger partial charge >= 0.3 is 6.18 Å². The molecule has 0 saturated carbocycles. The maximum Gasteiger partial charge on any atom is 0.454 e. The van der Waals surface area contributed by atoms with Crippen LogP contribution in [0.25, 0.3) is 0 Å². The molecule has 1 aromatic heterocycles. The first-order chi connectivity index (χ1) is 8.49. The van der Waals surface area contributed by atoms with E-state index in [0.29, 0.717) is 0 Å². The molecule has 19 heavy (non-hydrogen) atoms. The minimum Gasteiger partial charge on any atom is -0.350 e. The highest BCUT2D eigenvalue weighted by Gasteiger charge is 2.39. The van der Waals surface area contributed by atoms with E-state index in [4.69, 9.17) is 0 Å². The van der Waals surface area contributed by atoms with E-state index in [9.17, 15) is 22.8 Å². The zero-order chi connectivity index (χ0) is 14.8. The minimum absolute atomic E-state index is 0.137. The second kappa shape index (κ2) is 5.07. The number of ketones is 1. The second-order valence-corrected chi connectivity index (χ2v) is 5.20. The maximum absolute atomic E-state index is 12.2. The van der Waals surface area contributed by atoms with Crippen LogP contribution in [0.5, 0.6) is 0 Å². The van der Waals surface area contributed by atoms with E-state index in [2.05, 4.69) is 5.32 Å². The van der Waals surface area contributed by atoms with Crippen molar-refractivity contribution in [3.05, 3.63) is 24.0 Å². The number of carbonyl (C=O) groups is 2. The van der Waals surface area contributed by atoms with Crippen molar-refractivity contribution in [2.75, 3.05) is 0 Å². The van der Waals surface area contributed by atoms with E-state index in [0.717, 1.165) is 12.3 Å². The largest absolute Gasteiger partial charge is 0.454 e. The molecule has 1 aromatic rings. The molecule has 7 heteroatoms. The van der Waals surface area contributed by atoms with Crippen molar-refractivity contribution in [3.8, 4) is 0 Å². The van der Waals surface area contributed by atoms with Crippen LogP contribution >= 0.6 is 0 Å². The van der Waals surface area contributed by atoms with E-state index in [1.54, 1.807) is 20.8 Å². The van der Waals surface area contributed by atoms with Crippen molar-refractivity contribution in [1.82, 2.24) is 9.88 Å². The number of hydrogen-bond donors (Lipinski definition) is 1. The fraction of sp³-hybridized carbons (Fsp3) is 0.500. The van der Waals surface area contributed by atoms with Crippen molar-refractivity contribution in [2.45, 2.75) is 39.0 Å². The molecular formula is C12H15F3N2O2. The third kappa shape index (κ3) is 4.76. The van der Waals surface area contributed by atoms with Gasteiger partial charge < -0.3 is 9.88 Å². The number of amides is 1. The molecular weight excluding hydrogens is 261 g/mol. The Morgan fingerprint density at radius 3 is 2.32 bits per heavy atom. The third-order valence-corrected chi connectivity index (χ3v) is 2.11. The lowest BCUT2D eigenvalue weighted by atomic mass is 10.1. The highest BCUT2D eigenvalue weighted by molar-refractivity contribution is 6.00. The zero-order valence-corrected chi connectivity index (χ0v) is 10.8. The molecule has 0 aliphatic carbocycles. The molecule has 0 aliphatic rings. The summed E-state index contributed by atoms with van der Waals surface area (Å²) in [7, 11) is 0. The molecule has 0 aliphatic heterocycles. The van der Waals surface area contributed by atoms with E-state index < -0.39 is 23.1 Å². The highest BCUT2D eigenvalue weighted by Crippen LogP contribution is 2.21. The van der Waals surface area contributed by atoms with Crippen LogP contribution in [0.2, 0.25) is 0 Å². The standard InChI is InChI=1S/C12H15F3N2O2/c1-11(2,3)16-9(18)7-17-5-4-8(6-17)10(19)12(13,14)15/h4-6H,7H2,1-3H3,(H,16,18). The monoisotopic (exact) mass is 276 g/mol. The molecule has 0 aromatic carbocycles. The van der Waals surface area contributed by atoms with Crippen LogP contribution < -0.4 is 5.32 Å². The van der Waals surface area contributed by atoms with Gasteiger partial charge in [0.15, 0.2) is 0 Å². The van der Waals surface area contributed by atoms with E-state index >= 15 is 0 Å². The van der Waals surface area contributed by atoms with Crippen LogP contribution in [0, 0.1) is 0 Å². The van der Waals surface area contributed by atoms with Crippen LogP contribution in [-0.4, -0.2) is 28.0 Å². The predicted octanol–water partition coefficient (Wildman–Crippen LogP) is 2.15. The molecule has 4 nitrogen and oxygen atoms in total. The Balaban J connectivity index is 2.71. The Morgan fingerprint density at radius 1 is 1.26 bits per heavy atom. The summed E-state index contributed by atoms with van der Waals surface area (Å²) >= 11 is 0. The summed E-state index contributed by atoms with van der Waals surface area (Å²) in [6.45, 7) is 5.24. The first kappa shape index (κ1) is 15.3. The Hall–Kier alpha value is -1.79. The molecule has 1 heterocycles. The molecule has 106 valence electrons. The molecule has 0 fully saturated rings. The molecule has 0 saturated heterocycles. The Bertz CT molecular complexity index is 484. The summed E-state index contributed by atoms with van der Waals surface area (Å²) in [5.41, 5.74) is -0.898. The molecule has 1 N–H and O–H groups in total. The van der Waals surface area contributed by atoms with Crippen LogP contribution in [0.15, 0.2) is 18.5 Å². The molecule has 1 rings (SSSR count). The Morgan fingerprint density at radius 2 is 1.84 bits per heavy atom. The number of aromatic nitrogens is 1. The summed E-state index contributed by atoms with van der Waals surface area (Å²) < 4.78 is 37.8. The van der Waals surface area contributed by atoms with Gasteiger partial charge in [0.2, 0.25) is 5.91 Å². The fourth-order valence-corrected chi connectivity index (χ4v) is 1.46. The van der Waals surface area contributed by atoms with Gasteiger partial charge in [-0.15, -0.1) is 0 Å². The number of nitrogens with zero attached hydrogens (tertiary/aromatic N) is 1. The number of hydrogen-bond acceptors (Lipinski definition) is 2. The van der Waals surface area contributed by atoms with Gasteiger partial charge in [0.25, 0.3) is 5.78 Å². The average Bonchev–Trinajstić information content (AvgIpc) is 2.60. The first-order valence-electron chi connectivity index (χ1n) is 5.57. The summed E-state index contributed by atoms with van der Waals surface area (Å²) in [6, 6.07) is 1.04. The molecule has 0 unspecified atom stereocenters. The number of halogens is 3. The van der Waals surface area contributed by atoms with Gasteiger partial charge in [-0.3, -0.25) is 9.59 Å². The average molecular weight is 276 g/mol. The smallest absolute Gasteiger partial charge is 0.350 e. The molecule has 0 bridgehead atoms. The maximum atomic E-state index is 12.2. The van der Waals surface area contributed by atoms with Crippen LogP contribution in [0.1, 0.15) is 31.1 Å². The van der Waals surface area contributed by atoms with Gasteiger partial charge in [-0.25, -0.2) is 0 Å². The quantitative estimate of drug-likeness (QED) is 0.860. The number of rotatable bonds is 3. The van der Waals surface area contributed by atoms with Crippen molar-refractivity contribution in [2.24, 2.45) is 0 Å². The van der Waals surface area contributed by atoms with E-state index in [-0.39, 0.29) is 12.5 Å². The van der Waals surface area contributed by atoms with Gasteiger partial charge in [0, 0.05) is 23.5 Å². The van der Waals surface area contributed by atoms with Gasteiger partial charge in [-0.2, -0.15) is 13.2 Å². The molecule has 0 radical (unpaired) electrons. The first-order valence-corrected chi connectivity index (χ1v) is 5.57. The summed E-state index contributed by atoms with van der Waals surface area (Å²) in [5.74, 6) is -2.25. The summed E-state index contributed by atoms with van der Waals surface area (Å²) in [5, 5.41) is 2.67. The zero-order valence-electron chi connectivity index (χ0n) is 10.8. The van der Waals surface area contributed by atoms with Crippen LogP contribution in [0.3, 0.4) is 0 Å². The number of Topliss-reactive ketones (excluding diaryl/α,β-unsaturated/α-hetero) is 1. The lowest BCUT2D eigenvalue weighted by Gasteiger charge is -2.20. The molecule has 0 spiro atoms. The van der Waals surface area contributed by atoms with Crippen LogP contribution in [-0.2, 0) is 11.3 Å². The minimum atomic E-state index is -4.90. The van der Waals surface area contributed by atoms with Crippen molar-refractivity contribution in [3.63, 3.8) is 0 Å². The van der Waals surface area contributed by atoms with Crippen molar-refractivity contribution in [1.29, 1.82) is 0 Å². The third-order valence-electron chi connectivity index (χ3n) is 2.11. The lowest BCUT2D eigenvalue weighted by molar-refractivity contribution is -0.123. The lowest BCUT2D eigenvalue weighted by Crippen LogP contribution is -2.42. The molecule has 1 amide bonds. The normalized spacial score (nSPS) is 12.3. The van der Waals surface area contributed by atoms with Crippen LogP contribution in [0.4, 0.5) is 13.2 Å². The van der Waals surface area contributed by atoms with Gasteiger partial charge in [-0.05, 0) is 26.8 Å². The Labute approximate surface area is 108 Å². The number of nitrogens with one attached hydrogen (secondary N) is 1. The number of alkyl halides is 3. The molecule has 0 atom stereocenters. The van der Waals surface area contributed by atoms with Gasteiger partial charge in [0.05, 0.1) is 0 Å². The van der Waals surface area contributed by atoms with E-state index in [1.165, 1.54) is 10.8 Å². The number of carbonyl (C=O) groups excluding carboxylic acids is 2. The summed E-state index contributed by atoms with van der Waals surface area (Å²) in [6.07, 6.45) is -2.63.